The van der Waals surface area contributed by atoms with Gasteiger partial charge >= 0.3 is 0 Å². The molecular formula is C16H31N5O2. The molecule has 0 saturated heterocycles. The van der Waals surface area contributed by atoms with Gasteiger partial charge in [0.15, 0.2) is 0 Å². The van der Waals surface area contributed by atoms with E-state index in [1.165, 1.54) is 0 Å². The van der Waals surface area contributed by atoms with Gasteiger partial charge in [0.1, 0.15) is 6.04 Å². The van der Waals surface area contributed by atoms with Crippen molar-refractivity contribution in [1.29, 1.82) is 5.26 Å². The summed E-state index contributed by atoms with van der Waals surface area (Å²) >= 11 is 0. The van der Waals surface area contributed by atoms with Gasteiger partial charge in [0.2, 0.25) is 11.8 Å². The average molecular weight is 325 g/mol. The molecule has 0 heterocycles. The maximum Gasteiger partial charge on any atom is 0.242 e. The molecule has 2 amide bonds. The van der Waals surface area contributed by atoms with Gasteiger partial charge in [0.25, 0.3) is 0 Å². The summed E-state index contributed by atoms with van der Waals surface area (Å²) in [6.45, 7) is 8.53. The van der Waals surface area contributed by atoms with Crippen LogP contribution in [0.25, 0.3) is 0 Å². The Morgan fingerprint density at radius 3 is 2.30 bits per heavy atom. The predicted octanol–water partition coefficient (Wildman–Crippen LogP) is 0.133. The van der Waals surface area contributed by atoms with E-state index < -0.39 is 12.1 Å². The number of rotatable bonds is 11. The van der Waals surface area contributed by atoms with Crippen molar-refractivity contribution in [2.75, 3.05) is 20.1 Å². The summed E-state index contributed by atoms with van der Waals surface area (Å²) in [5.74, 6) is -0.353. The Bertz CT molecular complexity index is 406. The molecule has 0 aliphatic carbocycles. The lowest BCUT2D eigenvalue weighted by molar-refractivity contribution is -0.130. The third kappa shape index (κ3) is 8.53. The van der Waals surface area contributed by atoms with Crippen LogP contribution < -0.4 is 21.3 Å². The minimum atomic E-state index is -0.537. The summed E-state index contributed by atoms with van der Waals surface area (Å²) < 4.78 is 0. The van der Waals surface area contributed by atoms with Crippen molar-refractivity contribution in [1.82, 2.24) is 21.3 Å². The van der Waals surface area contributed by atoms with Crippen molar-refractivity contribution in [2.45, 2.75) is 58.7 Å². The summed E-state index contributed by atoms with van der Waals surface area (Å²) in [7, 11) is 1.83. The largest absolute Gasteiger partial charge is 0.355 e. The second-order valence-electron chi connectivity index (χ2n) is 5.94. The van der Waals surface area contributed by atoms with Crippen LogP contribution in [0.3, 0.4) is 0 Å². The summed E-state index contributed by atoms with van der Waals surface area (Å²) in [6.07, 6.45) is 1.20. The van der Waals surface area contributed by atoms with Crippen molar-refractivity contribution < 1.29 is 9.59 Å². The molecule has 4 N–H and O–H groups in total. The highest BCUT2D eigenvalue weighted by atomic mass is 16.2. The molecule has 3 atom stereocenters. The van der Waals surface area contributed by atoms with Gasteiger partial charge in [-0.1, -0.05) is 13.8 Å². The van der Waals surface area contributed by atoms with Crippen LogP contribution in [0.15, 0.2) is 0 Å². The first-order valence-corrected chi connectivity index (χ1v) is 8.22. The van der Waals surface area contributed by atoms with Gasteiger partial charge < -0.3 is 21.3 Å². The summed E-state index contributed by atoms with van der Waals surface area (Å²) in [4.78, 5) is 24.2. The second kappa shape index (κ2) is 11.9. The van der Waals surface area contributed by atoms with Crippen molar-refractivity contribution in [3.8, 4) is 6.07 Å². The fourth-order valence-electron chi connectivity index (χ4n) is 2.10. The van der Waals surface area contributed by atoms with Gasteiger partial charge in [-0.05, 0) is 33.2 Å². The van der Waals surface area contributed by atoms with E-state index in [1.54, 1.807) is 6.92 Å². The lowest BCUT2D eigenvalue weighted by Crippen LogP contribution is -2.55. The molecular weight excluding hydrogens is 294 g/mol. The molecule has 0 unspecified atom stereocenters. The monoisotopic (exact) mass is 325 g/mol. The van der Waals surface area contributed by atoms with Crippen molar-refractivity contribution >= 4 is 11.8 Å². The van der Waals surface area contributed by atoms with Crippen molar-refractivity contribution in [3.05, 3.63) is 0 Å². The third-order valence-corrected chi connectivity index (χ3v) is 3.67. The number of nitrogens with zero attached hydrogens (tertiary/aromatic N) is 1. The molecule has 0 saturated carbocycles. The number of nitrogens with one attached hydrogen (secondary N) is 4. The van der Waals surface area contributed by atoms with Crippen LogP contribution in [0.2, 0.25) is 0 Å². The van der Waals surface area contributed by atoms with E-state index >= 15 is 0 Å². The first-order valence-electron chi connectivity index (χ1n) is 8.22. The van der Waals surface area contributed by atoms with E-state index in [0.717, 1.165) is 6.42 Å². The SMILES string of the molecule is CCNC(=O)[C@@H](NC(=O)[C@H](C)NC[C@H](CCC#N)NC)C(C)C. The van der Waals surface area contributed by atoms with E-state index in [0.29, 0.717) is 19.5 Å². The Morgan fingerprint density at radius 2 is 1.83 bits per heavy atom. The van der Waals surface area contributed by atoms with Gasteiger partial charge in [0, 0.05) is 25.6 Å². The van der Waals surface area contributed by atoms with Gasteiger partial charge in [-0.25, -0.2) is 0 Å². The molecule has 0 aromatic rings. The summed E-state index contributed by atoms with van der Waals surface area (Å²) in [6, 6.07) is 1.30. The highest BCUT2D eigenvalue weighted by molar-refractivity contribution is 5.89. The minimum Gasteiger partial charge on any atom is -0.355 e. The summed E-state index contributed by atoms with van der Waals surface area (Å²) in [5, 5.41) is 20.4. The quantitative estimate of drug-likeness (QED) is 0.432. The molecule has 0 rings (SSSR count). The molecule has 0 aliphatic heterocycles. The average Bonchev–Trinajstić information content (AvgIpc) is 2.51. The molecule has 7 nitrogen and oxygen atoms in total. The molecule has 23 heavy (non-hydrogen) atoms. The molecule has 0 radical (unpaired) electrons. The highest BCUT2D eigenvalue weighted by Crippen LogP contribution is 2.03. The van der Waals surface area contributed by atoms with Crippen LogP contribution in [0.1, 0.15) is 40.5 Å². The van der Waals surface area contributed by atoms with Crippen LogP contribution >= 0.6 is 0 Å². The Kier molecular flexibility index (Phi) is 11.0. The molecule has 7 heteroatoms. The maximum atomic E-state index is 12.3. The van der Waals surface area contributed by atoms with E-state index in [9.17, 15) is 9.59 Å². The number of nitriles is 1. The third-order valence-electron chi connectivity index (χ3n) is 3.67. The van der Waals surface area contributed by atoms with E-state index in [1.807, 2.05) is 27.8 Å². The highest BCUT2D eigenvalue weighted by Gasteiger charge is 2.25. The van der Waals surface area contributed by atoms with Crippen LogP contribution in [0, 0.1) is 17.2 Å². The molecule has 0 aromatic carbocycles. The first kappa shape index (κ1) is 21.4. The molecule has 0 aliphatic rings. The summed E-state index contributed by atoms with van der Waals surface area (Å²) in [5.41, 5.74) is 0. The standard InChI is InChI=1S/C16H31N5O2/c1-6-19-16(23)14(11(2)3)21-15(22)12(4)20-10-13(18-5)8-7-9-17/h11-14,18,20H,6-8,10H2,1-5H3,(H,19,23)(H,21,22)/t12-,13-,14-/m0/s1. The number of carbonyl (C=O) groups excluding carboxylic acids is 2. The van der Waals surface area contributed by atoms with Crippen LogP contribution in [0.4, 0.5) is 0 Å². The Labute approximate surface area is 139 Å². The molecule has 0 spiro atoms. The smallest absolute Gasteiger partial charge is 0.242 e. The topological polar surface area (TPSA) is 106 Å². The number of hydrogen-bond donors (Lipinski definition) is 4. The van der Waals surface area contributed by atoms with E-state index in [4.69, 9.17) is 5.26 Å². The van der Waals surface area contributed by atoms with Crippen LogP contribution in [0.5, 0.6) is 0 Å². The van der Waals surface area contributed by atoms with Crippen LogP contribution in [-0.2, 0) is 9.59 Å². The van der Waals surface area contributed by atoms with Gasteiger partial charge in [0.05, 0.1) is 12.1 Å². The fourth-order valence-corrected chi connectivity index (χ4v) is 2.10. The normalized spacial score (nSPS) is 14.7. The zero-order valence-electron chi connectivity index (χ0n) is 14.9. The Hall–Kier alpha value is -1.65. The Balaban J connectivity index is 4.46. The molecule has 132 valence electrons. The first-order chi connectivity index (χ1) is 10.9. The molecule has 0 bridgehead atoms. The van der Waals surface area contributed by atoms with E-state index in [2.05, 4.69) is 27.3 Å². The van der Waals surface area contributed by atoms with Crippen molar-refractivity contribution in [3.63, 3.8) is 0 Å². The zero-order chi connectivity index (χ0) is 17.8. The number of hydrogen-bond acceptors (Lipinski definition) is 5. The van der Waals surface area contributed by atoms with Crippen molar-refractivity contribution in [2.24, 2.45) is 5.92 Å². The zero-order valence-corrected chi connectivity index (χ0v) is 14.9. The van der Waals surface area contributed by atoms with Gasteiger partial charge in [-0.3, -0.25) is 9.59 Å². The minimum absolute atomic E-state index is 0.0124. The van der Waals surface area contributed by atoms with Gasteiger partial charge in [-0.2, -0.15) is 5.26 Å². The Morgan fingerprint density at radius 1 is 1.17 bits per heavy atom. The molecule has 0 fully saturated rings. The number of likely N-dealkylation sites (N-methyl/N-ethyl adjacent to an activating group) is 2. The maximum absolute atomic E-state index is 12.3. The lowest BCUT2D eigenvalue weighted by Gasteiger charge is -2.24. The fraction of sp³-hybridized carbons (Fsp3) is 0.812. The van der Waals surface area contributed by atoms with Gasteiger partial charge in [-0.15, -0.1) is 0 Å². The molecule has 0 aromatic heterocycles. The number of amides is 2. The number of carbonyl (C=O) groups is 2. The predicted molar refractivity (Wildman–Crippen MR) is 90.6 cm³/mol. The van der Waals surface area contributed by atoms with Crippen LogP contribution in [-0.4, -0.2) is 50.1 Å². The lowest BCUT2D eigenvalue weighted by atomic mass is 10.0. The second-order valence-corrected chi connectivity index (χ2v) is 5.94. The van der Waals surface area contributed by atoms with E-state index in [-0.39, 0.29) is 23.8 Å².